The molecule has 1 saturated carbocycles. The van der Waals surface area contributed by atoms with Gasteiger partial charge in [-0.15, -0.1) is 0 Å². The maximum absolute atomic E-state index is 12.8. The molecule has 1 aromatic rings. The lowest BCUT2D eigenvalue weighted by molar-refractivity contribution is 0.253. The second kappa shape index (κ2) is 6.38. The van der Waals surface area contributed by atoms with Crippen LogP contribution in [0.15, 0.2) is 29.2 Å². The summed E-state index contributed by atoms with van der Waals surface area (Å²) < 4.78 is 12.8. The Kier molecular flexibility index (Phi) is 5.04. The van der Waals surface area contributed by atoms with Gasteiger partial charge in [-0.1, -0.05) is 25.4 Å². The van der Waals surface area contributed by atoms with Crippen LogP contribution in [0, 0.1) is 11.8 Å². The Morgan fingerprint density at radius 1 is 1.21 bits per heavy atom. The Labute approximate surface area is 123 Å². The molecule has 106 valence electrons. The third-order valence-electron chi connectivity index (χ3n) is 4.05. The van der Waals surface area contributed by atoms with Crippen LogP contribution in [0.4, 0.5) is 0 Å². The number of rotatable bonds is 3. The number of benzene rings is 1. The van der Waals surface area contributed by atoms with Crippen LogP contribution in [-0.4, -0.2) is 22.5 Å². The van der Waals surface area contributed by atoms with Crippen LogP contribution in [-0.2, 0) is 10.8 Å². The Bertz CT molecular complexity index is 448. The van der Waals surface area contributed by atoms with Crippen LogP contribution in [0.3, 0.4) is 0 Å². The average Bonchev–Trinajstić information content (AvgIpc) is 2.38. The van der Waals surface area contributed by atoms with Crippen LogP contribution in [0.2, 0.25) is 5.02 Å². The molecule has 0 spiro atoms. The molecule has 0 aliphatic heterocycles. The molecule has 0 amide bonds. The monoisotopic (exact) mass is 299 g/mol. The van der Waals surface area contributed by atoms with E-state index < -0.39 is 10.8 Å². The van der Waals surface area contributed by atoms with E-state index in [1.54, 1.807) is 0 Å². The molecule has 0 radical (unpaired) electrons. The van der Waals surface area contributed by atoms with E-state index >= 15 is 0 Å². The number of hydrogen-bond donors (Lipinski definition) is 1. The van der Waals surface area contributed by atoms with Gasteiger partial charge in [0.05, 0.1) is 16.0 Å². The molecule has 0 aromatic heterocycles. The first-order valence-corrected chi connectivity index (χ1v) is 8.45. The second-order valence-corrected chi connectivity index (χ2v) is 7.71. The zero-order chi connectivity index (χ0) is 14.0. The molecule has 2 rings (SSSR count). The van der Waals surface area contributed by atoms with Crippen molar-refractivity contribution in [3.05, 3.63) is 29.3 Å². The Balaban J connectivity index is 2.22. The summed E-state index contributed by atoms with van der Waals surface area (Å²) in [4.78, 5) is 0.885. The van der Waals surface area contributed by atoms with Crippen LogP contribution >= 0.6 is 11.6 Å². The fourth-order valence-electron chi connectivity index (χ4n) is 3.20. The fraction of sp³-hybridized carbons (Fsp3) is 0.600. The molecule has 5 atom stereocenters. The lowest BCUT2D eigenvalue weighted by Gasteiger charge is -2.38. The standard InChI is InChI=1S/C15H22ClNOS/c1-10-8-11(2)15(14(9-10)17-3)19(18)13-6-4-12(16)5-7-13/h4-7,10-11,14-15,17H,8-9H2,1-3H3. The molecule has 1 aliphatic carbocycles. The van der Waals surface area contributed by atoms with E-state index in [0.29, 0.717) is 22.9 Å². The summed E-state index contributed by atoms with van der Waals surface area (Å²) >= 11 is 5.89. The first-order valence-electron chi connectivity index (χ1n) is 6.86. The second-order valence-electron chi connectivity index (χ2n) is 5.66. The normalized spacial score (nSPS) is 33.1. The average molecular weight is 300 g/mol. The molecule has 1 aliphatic rings. The summed E-state index contributed by atoms with van der Waals surface area (Å²) in [5.41, 5.74) is 0. The molecule has 1 N–H and O–H groups in total. The van der Waals surface area contributed by atoms with Gasteiger partial charge < -0.3 is 5.32 Å². The van der Waals surface area contributed by atoms with Crippen molar-refractivity contribution in [3.8, 4) is 0 Å². The van der Waals surface area contributed by atoms with Crippen molar-refractivity contribution < 1.29 is 4.21 Å². The highest BCUT2D eigenvalue weighted by Crippen LogP contribution is 2.34. The fourth-order valence-corrected chi connectivity index (χ4v) is 5.12. The van der Waals surface area contributed by atoms with Gasteiger partial charge in [0, 0.05) is 16.0 Å². The van der Waals surface area contributed by atoms with Gasteiger partial charge in [0.25, 0.3) is 0 Å². The quantitative estimate of drug-likeness (QED) is 0.926. The summed E-state index contributed by atoms with van der Waals surface area (Å²) in [6, 6.07) is 7.74. The van der Waals surface area contributed by atoms with E-state index in [4.69, 9.17) is 11.6 Å². The van der Waals surface area contributed by atoms with Gasteiger partial charge in [0.1, 0.15) is 0 Å². The largest absolute Gasteiger partial charge is 0.316 e. The van der Waals surface area contributed by atoms with Crippen molar-refractivity contribution in [3.63, 3.8) is 0 Å². The maximum Gasteiger partial charge on any atom is 0.0579 e. The molecule has 5 unspecified atom stereocenters. The zero-order valence-corrected chi connectivity index (χ0v) is 13.3. The van der Waals surface area contributed by atoms with E-state index in [-0.39, 0.29) is 5.25 Å². The molecule has 0 bridgehead atoms. The lowest BCUT2D eigenvalue weighted by atomic mass is 9.80. The Morgan fingerprint density at radius 3 is 2.42 bits per heavy atom. The van der Waals surface area contributed by atoms with E-state index in [1.165, 1.54) is 0 Å². The van der Waals surface area contributed by atoms with Gasteiger partial charge in [-0.05, 0) is 56.0 Å². The van der Waals surface area contributed by atoms with E-state index in [0.717, 1.165) is 17.7 Å². The molecule has 1 fully saturated rings. The van der Waals surface area contributed by atoms with Crippen molar-refractivity contribution in [1.29, 1.82) is 0 Å². The third-order valence-corrected chi connectivity index (χ3v) is 6.33. The minimum absolute atomic E-state index is 0.183. The summed E-state index contributed by atoms with van der Waals surface area (Å²) in [5.74, 6) is 1.17. The molecule has 2 nitrogen and oxygen atoms in total. The Morgan fingerprint density at radius 2 is 1.84 bits per heavy atom. The maximum atomic E-state index is 12.8. The van der Waals surface area contributed by atoms with Gasteiger partial charge in [-0.3, -0.25) is 4.21 Å². The third kappa shape index (κ3) is 3.39. The summed E-state index contributed by atoms with van der Waals surface area (Å²) in [7, 11) is 0.999. The Hall–Kier alpha value is -0.380. The number of nitrogens with one attached hydrogen (secondary N) is 1. The summed E-state index contributed by atoms with van der Waals surface area (Å²) in [5, 5.41) is 4.23. The predicted molar refractivity (Wildman–Crippen MR) is 82.1 cm³/mol. The van der Waals surface area contributed by atoms with Gasteiger partial charge in [-0.25, -0.2) is 0 Å². The first-order chi connectivity index (χ1) is 9.02. The van der Waals surface area contributed by atoms with Crippen molar-refractivity contribution in [2.24, 2.45) is 11.8 Å². The minimum atomic E-state index is -0.974. The lowest BCUT2D eigenvalue weighted by Crippen LogP contribution is -2.48. The van der Waals surface area contributed by atoms with Crippen molar-refractivity contribution in [2.45, 2.75) is 42.9 Å². The summed E-state index contributed by atoms with van der Waals surface area (Å²) in [6.45, 7) is 4.50. The summed E-state index contributed by atoms with van der Waals surface area (Å²) in [6.07, 6.45) is 2.26. The van der Waals surface area contributed by atoms with E-state index in [1.807, 2.05) is 31.3 Å². The highest BCUT2D eigenvalue weighted by atomic mass is 35.5. The van der Waals surface area contributed by atoms with Gasteiger partial charge >= 0.3 is 0 Å². The molecule has 1 aromatic carbocycles. The number of halogens is 1. The minimum Gasteiger partial charge on any atom is -0.316 e. The predicted octanol–water partition coefficient (Wildman–Crippen LogP) is 3.47. The van der Waals surface area contributed by atoms with Crippen LogP contribution in [0.25, 0.3) is 0 Å². The molecule has 19 heavy (non-hydrogen) atoms. The zero-order valence-electron chi connectivity index (χ0n) is 11.7. The van der Waals surface area contributed by atoms with Crippen molar-refractivity contribution in [1.82, 2.24) is 5.32 Å². The molecular formula is C15H22ClNOS. The molecule has 0 heterocycles. The highest BCUT2D eigenvalue weighted by molar-refractivity contribution is 7.85. The number of hydrogen-bond acceptors (Lipinski definition) is 2. The van der Waals surface area contributed by atoms with Gasteiger partial charge in [-0.2, -0.15) is 0 Å². The topological polar surface area (TPSA) is 29.1 Å². The molecule has 0 saturated heterocycles. The van der Waals surface area contributed by atoms with Crippen LogP contribution in [0.5, 0.6) is 0 Å². The van der Waals surface area contributed by atoms with Crippen molar-refractivity contribution >= 4 is 22.4 Å². The SMILES string of the molecule is CNC1CC(C)CC(C)C1S(=O)c1ccc(Cl)cc1. The van der Waals surface area contributed by atoms with Crippen LogP contribution < -0.4 is 5.32 Å². The van der Waals surface area contributed by atoms with Gasteiger partial charge in [0.2, 0.25) is 0 Å². The highest BCUT2D eigenvalue weighted by Gasteiger charge is 2.37. The van der Waals surface area contributed by atoms with Crippen LogP contribution in [0.1, 0.15) is 26.7 Å². The molecule has 4 heteroatoms. The molecular weight excluding hydrogens is 278 g/mol. The smallest absolute Gasteiger partial charge is 0.0579 e. The first kappa shape index (κ1) is 15.0. The van der Waals surface area contributed by atoms with Crippen molar-refractivity contribution in [2.75, 3.05) is 7.05 Å². The van der Waals surface area contributed by atoms with E-state index in [9.17, 15) is 4.21 Å². The van der Waals surface area contributed by atoms with E-state index in [2.05, 4.69) is 19.2 Å². The van der Waals surface area contributed by atoms with Gasteiger partial charge in [0.15, 0.2) is 0 Å².